The summed E-state index contributed by atoms with van der Waals surface area (Å²) in [4.78, 5) is 12.3. The lowest BCUT2D eigenvalue weighted by Gasteiger charge is -2.25. The van der Waals surface area contributed by atoms with Gasteiger partial charge in [0, 0.05) is 12.6 Å². The summed E-state index contributed by atoms with van der Waals surface area (Å²) in [6, 6.07) is 4.98. The summed E-state index contributed by atoms with van der Waals surface area (Å²) in [5.74, 6) is -0.537. The van der Waals surface area contributed by atoms with Crippen molar-refractivity contribution < 1.29 is 27.1 Å². The van der Waals surface area contributed by atoms with E-state index in [-0.39, 0.29) is 5.56 Å². The van der Waals surface area contributed by atoms with E-state index in [1.807, 2.05) is 0 Å². The summed E-state index contributed by atoms with van der Waals surface area (Å²) >= 11 is 0. The minimum atomic E-state index is -4.59. The zero-order valence-corrected chi connectivity index (χ0v) is 10.4. The molecule has 0 aliphatic rings. The third-order valence-electron chi connectivity index (χ3n) is 2.58. The lowest BCUT2D eigenvalue weighted by atomic mass is 10.1. The van der Waals surface area contributed by atoms with Crippen LogP contribution in [0.2, 0.25) is 0 Å². The number of alkyl halides is 3. The van der Waals surface area contributed by atoms with Gasteiger partial charge < -0.3 is 9.64 Å². The normalized spacial score (nSPS) is 12.9. The third-order valence-corrected chi connectivity index (χ3v) is 2.58. The van der Waals surface area contributed by atoms with E-state index in [0.29, 0.717) is 0 Å². The van der Waals surface area contributed by atoms with Gasteiger partial charge in [0.05, 0.1) is 6.04 Å². The highest BCUT2D eigenvalue weighted by Gasteiger charge is 2.31. The second-order valence-electron chi connectivity index (χ2n) is 3.98. The minimum Gasteiger partial charge on any atom is -0.440 e. The largest absolute Gasteiger partial charge is 0.440 e. The van der Waals surface area contributed by atoms with Crippen LogP contribution in [0.4, 0.5) is 22.4 Å². The molecular weight excluding hydrogens is 266 g/mol. The summed E-state index contributed by atoms with van der Waals surface area (Å²) in [5.41, 5.74) is 0.203. The first-order valence-corrected chi connectivity index (χ1v) is 5.43. The van der Waals surface area contributed by atoms with Crippen molar-refractivity contribution in [2.75, 3.05) is 13.7 Å². The predicted octanol–water partition coefficient (Wildman–Crippen LogP) is 3.52. The molecule has 0 saturated heterocycles. The first-order valence-electron chi connectivity index (χ1n) is 5.43. The number of nitrogens with zero attached hydrogens (tertiary/aromatic N) is 1. The van der Waals surface area contributed by atoms with E-state index in [1.165, 1.54) is 32.2 Å². The molecule has 0 N–H and O–H groups in total. The zero-order valence-electron chi connectivity index (χ0n) is 10.4. The van der Waals surface area contributed by atoms with Crippen molar-refractivity contribution >= 4 is 6.09 Å². The molecule has 1 atom stereocenters. The summed E-state index contributed by atoms with van der Waals surface area (Å²) in [6.07, 6.45) is -5.74. The van der Waals surface area contributed by atoms with E-state index in [4.69, 9.17) is 0 Å². The van der Waals surface area contributed by atoms with Crippen molar-refractivity contribution in [3.05, 3.63) is 35.6 Å². The van der Waals surface area contributed by atoms with Crippen LogP contribution in [-0.2, 0) is 4.74 Å². The van der Waals surface area contributed by atoms with Gasteiger partial charge in [-0.25, -0.2) is 9.18 Å². The summed E-state index contributed by atoms with van der Waals surface area (Å²) in [6.45, 7) is -0.173. The Morgan fingerprint density at radius 1 is 1.37 bits per heavy atom. The molecule has 0 saturated carbocycles. The van der Waals surface area contributed by atoms with Crippen LogP contribution in [0.3, 0.4) is 0 Å². The molecule has 0 aliphatic carbocycles. The van der Waals surface area contributed by atoms with E-state index < -0.39 is 30.7 Å². The van der Waals surface area contributed by atoms with Crippen LogP contribution >= 0.6 is 0 Å². The number of benzene rings is 1. The van der Waals surface area contributed by atoms with Gasteiger partial charge in [-0.1, -0.05) is 18.2 Å². The first-order chi connectivity index (χ1) is 8.72. The van der Waals surface area contributed by atoms with E-state index >= 15 is 0 Å². The van der Waals surface area contributed by atoms with Crippen molar-refractivity contribution in [3.8, 4) is 0 Å². The number of amides is 1. The fourth-order valence-electron chi connectivity index (χ4n) is 1.43. The Morgan fingerprint density at radius 2 is 1.95 bits per heavy atom. The van der Waals surface area contributed by atoms with Gasteiger partial charge in [0.2, 0.25) is 0 Å². The maximum absolute atomic E-state index is 13.5. The van der Waals surface area contributed by atoms with Crippen LogP contribution in [0.5, 0.6) is 0 Å². The monoisotopic (exact) mass is 279 g/mol. The number of hydrogen-bond donors (Lipinski definition) is 0. The lowest BCUT2D eigenvalue weighted by Crippen LogP contribution is -2.33. The van der Waals surface area contributed by atoms with Gasteiger partial charge in [-0.3, -0.25) is 0 Å². The molecule has 0 bridgehead atoms. The van der Waals surface area contributed by atoms with Crippen molar-refractivity contribution in [3.63, 3.8) is 0 Å². The van der Waals surface area contributed by atoms with E-state index in [2.05, 4.69) is 4.74 Å². The molecule has 19 heavy (non-hydrogen) atoms. The molecule has 1 aromatic carbocycles. The van der Waals surface area contributed by atoms with Crippen molar-refractivity contribution in [2.24, 2.45) is 0 Å². The fourth-order valence-corrected chi connectivity index (χ4v) is 1.43. The van der Waals surface area contributed by atoms with Crippen molar-refractivity contribution in [1.29, 1.82) is 0 Å². The SMILES string of the molecule is CC(c1ccccc1F)N(C)C(=O)OCC(F)(F)F. The second-order valence-corrected chi connectivity index (χ2v) is 3.98. The van der Waals surface area contributed by atoms with Crippen LogP contribution in [-0.4, -0.2) is 30.8 Å². The predicted molar refractivity (Wildman–Crippen MR) is 60.0 cm³/mol. The fraction of sp³-hybridized carbons (Fsp3) is 0.417. The highest BCUT2D eigenvalue weighted by molar-refractivity contribution is 5.68. The number of ether oxygens (including phenoxy) is 1. The molecule has 3 nitrogen and oxygen atoms in total. The molecule has 106 valence electrons. The molecular formula is C12H13F4NO2. The maximum Gasteiger partial charge on any atom is 0.422 e. The molecule has 0 aliphatic heterocycles. The van der Waals surface area contributed by atoms with Crippen LogP contribution in [0, 0.1) is 5.82 Å². The van der Waals surface area contributed by atoms with Gasteiger partial charge in [0.15, 0.2) is 6.61 Å². The first kappa shape index (κ1) is 15.3. The summed E-state index contributed by atoms with van der Waals surface area (Å²) < 4.78 is 53.3. The quantitative estimate of drug-likeness (QED) is 0.792. The topological polar surface area (TPSA) is 29.5 Å². The molecule has 1 rings (SSSR count). The molecule has 0 spiro atoms. The minimum absolute atomic E-state index is 0.203. The number of carbonyl (C=O) groups is 1. The van der Waals surface area contributed by atoms with Gasteiger partial charge in [-0.15, -0.1) is 0 Å². The molecule has 1 unspecified atom stereocenters. The Hall–Kier alpha value is -1.79. The maximum atomic E-state index is 13.5. The molecule has 0 fully saturated rings. The Balaban J connectivity index is 2.69. The zero-order chi connectivity index (χ0) is 14.6. The van der Waals surface area contributed by atoms with E-state index in [0.717, 1.165) is 4.90 Å². The number of hydrogen-bond acceptors (Lipinski definition) is 2. The third kappa shape index (κ3) is 4.42. The van der Waals surface area contributed by atoms with Gasteiger partial charge in [0.1, 0.15) is 5.82 Å². The van der Waals surface area contributed by atoms with Crippen LogP contribution in [0.1, 0.15) is 18.5 Å². The molecule has 0 aromatic heterocycles. The number of carbonyl (C=O) groups excluding carboxylic acids is 1. The van der Waals surface area contributed by atoms with E-state index in [9.17, 15) is 22.4 Å². The van der Waals surface area contributed by atoms with Gasteiger partial charge in [0.25, 0.3) is 0 Å². The molecule has 7 heteroatoms. The van der Waals surface area contributed by atoms with Crippen molar-refractivity contribution in [2.45, 2.75) is 19.1 Å². The number of rotatable bonds is 3. The standard InChI is InChI=1S/C12H13F4NO2/c1-8(9-5-3-4-6-10(9)13)17(2)11(18)19-7-12(14,15)16/h3-6,8H,7H2,1-2H3. The Kier molecular flexibility index (Phi) is 4.74. The van der Waals surface area contributed by atoms with Gasteiger partial charge in [-0.2, -0.15) is 13.2 Å². The van der Waals surface area contributed by atoms with Gasteiger partial charge >= 0.3 is 12.3 Å². The highest BCUT2D eigenvalue weighted by Crippen LogP contribution is 2.23. The average molecular weight is 279 g/mol. The average Bonchev–Trinajstić information content (AvgIpc) is 2.34. The summed E-state index contributed by atoms with van der Waals surface area (Å²) in [7, 11) is 1.25. The molecule has 0 radical (unpaired) electrons. The van der Waals surface area contributed by atoms with Crippen LogP contribution in [0.15, 0.2) is 24.3 Å². The Labute approximate surface area is 107 Å². The smallest absolute Gasteiger partial charge is 0.422 e. The molecule has 0 heterocycles. The van der Waals surface area contributed by atoms with Crippen LogP contribution < -0.4 is 0 Å². The second kappa shape index (κ2) is 5.90. The summed E-state index contributed by atoms with van der Waals surface area (Å²) in [5, 5.41) is 0. The molecule has 1 aromatic rings. The van der Waals surface area contributed by atoms with E-state index in [1.54, 1.807) is 6.07 Å². The Morgan fingerprint density at radius 3 is 2.47 bits per heavy atom. The van der Waals surface area contributed by atoms with Crippen LogP contribution in [0.25, 0.3) is 0 Å². The molecule has 1 amide bonds. The number of halogens is 4. The van der Waals surface area contributed by atoms with Gasteiger partial charge in [-0.05, 0) is 13.0 Å². The Bertz CT molecular complexity index is 448. The highest BCUT2D eigenvalue weighted by atomic mass is 19.4. The van der Waals surface area contributed by atoms with Crippen molar-refractivity contribution in [1.82, 2.24) is 4.90 Å². The lowest BCUT2D eigenvalue weighted by molar-refractivity contribution is -0.162.